The zero-order valence-electron chi connectivity index (χ0n) is 14.2. The number of sulfonamides is 1. The van der Waals surface area contributed by atoms with E-state index in [0.29, 0.717) is 0 Å². The molecular formula is C18H19FN2O4S. The molecular weight excluding hydrogens is 359 g/mol. The van der Waals surface area contributed by atoms with Gasteiger partial charge in [0.1, 0.15) is 0 Å². The van der Waals surface area contributed by atoms with Gasteiger partial charge >= 0.3 is 5.69 Å². The van der Waals surface area contributed by atoms with Crippen LogP contribution in [0.5, 0.6) is 0 Å². The Labute approximate surface area is 151 Å². The van der Waals surface area contributed by atoms with Crippen LogP contribution >= 0.6 is 0 Å². The number of nitrogens with zero attached hydrogens (tertiary/aromatic N) is 1. The molecule has 0 fully saturated rings. The average molecular weight is 378 g/mol. The highest BCUT2D eigenvalue weighted by Gasteiger charge is 2.24. The fourth-order valence-corrected chi connectivity index (χ4v) is 4.44. The lowest BCUT2D eigenvalue weighted by atomic mass is 9.89. The van der Waals surface area contributed by atoms with E-state index in [4.69, 9.17) is 0 Å². The highest BCUT2D eigenvalue weighted by Crippen LogP contribution is 2.26. The Morgan fingerprint density at radius 1 is 1.12 bits per heavy atom. The van der Waals surface area contributed by atoms with E-state index < -0.39 is 32.5 Å². The van der Waals surface area contributed by atoms with Crippen LogP contribution in [0, 0.1) is 15.9 Å². The monoisotopic (exact) mass is 378 g/mol. The third kappa shape index (κ3) is 3.76. The SMILES string of the molecule is C[C@@H](NS(=O)(=O)c1ccc(F)c([N+](=O)[O-])c1)c1ccc2c(c1)CCCC2. The summed E-state index contributed by atoms with van der Waals surface area (Å²) in [5, 5.41) is 10.8. The van der Waals surface area contributed by atoms with Crippen molar-refractivity contribution in [3.8, 4) is 0 Å². The number of nitrogens with one attached hydrogen (secondary N) is 1. The molecule has 0 radical (unpaired) electrons. The smallest absolute Gasteiger partial charge is 0.258 e. The Kier molecular flexibility index (Phi) is 5.06. The van der Waals surface area contributed by atoms with Crippen molar-refractivity contribution < 1.29 is 17.7 Å². The first-order chi connectivity index (χ1) is 12.3. The average Bonchev–Trinajstić information content (AvgIpc) is 2.60. The van der Waals surface area contributed by atoms with Crippen LogP contribution in [-0.4, -0.2) is 13.3 Å². The second kappa shape index (κ2) is 7.13. The summed E-state index contributed by atoms with van der Waals surface area (Å²) in [5.41, 5.74) is 2.49. The maximum atomic E-state index is 13.4. The number of nitro groups is 1. The van der Waals surface area contributed by atoms with E-state index >= 15 is 0 Å². The van der Waals surface area contributed by atoms with Crippen molar-refractivity contribution in [2.75, 3.05) is 0 Å². The van der Waals surface area contributed by atoms with Crippen molar-refractivity contribution in [3.63, 3.8) is 0 Å². The molecule has 1 N–H and O–H groups in total. The molecule has 3 rings (SSSR count). The van der Waals surface area contributed by atoms with Gasteiger partial charge in [0.05, 0.1) is 9.82 Å². The van der Waals surface area contributed by atoms with Crippen LogP contribution in [0.25, 0.3) is 0 Å². The quantitative estimate of drug-likeness (QED) is 0.635. The molecule has 8 heteroatoms. The lowest BCUT2D eigenvalue weighted by Gasteiger charge is -2.20. The van der Waals surface area contributed by atoms with Gasteiger partial charge in [0.25, 0.3) is 0 Å². The van der Waals surface area contributed by atoms with Crippen LogP contribution in [0.1, 0.15) is 42.5 Å². The highest BCUT2D eigenvalue weighted by atomic mass is 32.2. The molecule has 26 heavy (non-hydrogen) atoms. The van der Waals surface area contributed by atoms with Gasteiger partial charge in [-0.05, 0) is 61.4 Å². The summed E-state index contributed by atoms with van der Waals surface area (Å²) in [4.78, 5) is 9.55. The van der Waals surface area contributed by atoms with Crippen LogP contribution < -0.4 is 4.72 Å². The molecule has 0 saturated heterocycles. The van der Waals surface area contributed by atoms with Gasteiger partial charge in [0, 0.05) is 12.1 Å². The molecule has 0 bridgehead atoms. The molecule has 0 aromatic heterocycles. The van der Waals surface area contributed by atoms with E-state index in [9.17, 15) is 22.9 Å². The molecule has 2 aromatic rings. The maximum Gasteiger partial charge on any atom is 0.306 e. The largest absolute Gasteiger partial charge is 0.306 e. The van der Waals surface area contributed by atoms with Gasteiger partial charge in [-0.2, -0.15) is 4.39 Å². The lowest BCUT2D eigenvalue weighted by Crippen LogP contribution is -2.27. The Morgan fingerprint density at radius 2 is 1.81 bits per heavy atom. The lowest BCUT2D eigenvalue weighted by molar-refractivity contribution is -0.387. The molecule has 0 heterocycles. The van der Waals surface area contributed by atoms with Crippen molar-refractivity contribution in [2.24, 2.45) is 0 Å². The van der Waals surface area contributed by atoms with E-state index in [0.717, 1.165) is 49.4 Å². The number of hydrogen-bond acceptors (Lipinski definition) is 4. The molecule has 0 spiro atoms. The predicted molar refractivity (Wildman–Crippen MR) is 94.9 cm³/mol. The second-order valence-corrected chi connectivity index (χ2v) is 8.16. The third-order valence-electron chi connectivity index (χ3n) is 4.63. The number of halogens is 1. The van der Waals surface area contributed by atoms with Crippen molar-refractivity contribution in [1.82, 2.24) is 4.72 Å². The predicted octanol–water partition coefficient (Wildman–Crippen LogP) is 3.65. The second-order valence-electron chi connectivity index (χ2n) is 6.45. The van der Waals surface area contributed by atoms with Gasteiger partial charge in [0.15, 0.2) is 0 Å². The molecule has 0 aliphatic heterocycles. The van der Waals surface area contributed by atoms with Gasteiger partial charge in [-0.15, -0.1) is 0 Å². The fourth-order valence-electron chi connectivity index (χ4n) is 3.19. The van der Waals surface area contributed by atoms with E-state index in [2.05, 4.69) is 4.72 Å². The van der Waals surface area contributed by atoms with Gasteiger partial charge in [0.2, 0.25) is 15.8 Å². The van der Waals surface area contributed by atoms with E-state index in [1.807, 2.05) is 18.2 Å². The van der Waals surface area contributed by atoms with Gasteiger partial charge in [-0.3, -0.25) is 10.1 Å². The summed E-state index contributed by atoms with van der Waals surface area (Å²) in [6.45, 7) is 1.71. The third-order valence-corrected chi connectivity index (χ3v) is 6.17. The summed E-state index contributed by atoms with van der Waals surface area (Å²) in [6, 6.07) is 7.95. The summed E-state index contributed by atoms with van der Waals surface area (Å²) in [6.07, 6.45) is 4.30. The Bertz CT molecular complexity index is 960. The van der Waals surface area contributed by atoms with Crippen molar-refractivity contribution in [3.05, 3.63) is 69.0 Å². The molecule has 0 amide bonds. The van der Waals surface area contributed by atoms with Crippen LogP contribution in [0.3, 0.4) is 0 Å². The maximum absolute atomic E-state index is 13.4. The zero-order chi connectivity index (χ0) is 18.9. The highest BCUT2D eigenvalue weighted by molar-refractivity contribution is 7.89. The number of aryl methyl sites for hydroxylation is 2. The Morgan fingerprint density at radius 3 is 2.50 bits per heavy atom. The van der Waals surface area contributed by atoms with E-state index in [1.54, 1.807) is 6.92 Å². The Hall–Kier alpha value is -2.32. The molecule has 0 saturated carbocycles. The van der Waals surface area contributed by atoms with Gasteiger partial charge in [-0.25, -0.2) is 13.1 Å². The van der Waals surface area contributed by atoms with Gasteiger partial charge < -0.3 is 0 Å². The summed E-state index contributed by atoms with van der Waals surface area (Å²) in [7, 11) is -4.02. The minimum atomic E-state index is -4.02. The van der Waals surface area contributed by atoms with Crippen LogP contribution in [0.15, 0.2) is 41.3 Å². The minimum Gasteiger partial charge on any atom is -0.258 e. The summed E-state index contributed by atoms with van der Waals surface area (Å²) >= 11 is 0. The van der Waals surface area contributed by atoms with Crippen molar-refractivity contribution in [2.45, 2.75) is 43.5 Å². The molecule has 0 unspecified atom stereocenters. The van der Waals surface area contributed by atoms with Crippen molar-refractivity contribution >= 4 is 15.7 Å². The molecule has 1 aliphatic carbocycles. The number of rotatable bonds is 5. The number of fused-ring (bicyclic) bond motifs is 1. The van der Waals surface area contributed by atoms with Crippen LogP contribution in [-0.2, 0) is 22.9 Å². The summed E-state index contributed by atoms with van der Waals surface area (Å²) in [5.74, 6) is -1.07. The molecule has 138 valence electrons. The zero-order valence-corrected chi connectivity index (χ0v) is 15.1. The van der Waals surface area contributed by atoms with E-state index in [-0.39, 0.29) is 4.90 Å². The van der Waals surface area contributed by atoms with Crippen molar-refractivity contribution in [1.29, 1.82) is 0 Å². The van der Waals surface area contributed by atoms with Crippen LogP contribution in [0.2, 0.25) is 0 Å². The topological polar surface area (TPSA) is 89.3 Å². The molecule has 6 nitrogen and oxygen atoms in total. The number of nitro benzene ring substituents is 1. The van der Waals surface area contributed by atoms with Crippen LogP contribution in [0.4, 0.5) is 10.1 Å². The summed E-state index contributed by atoms with van der Waals surface area (Å²) < 4.78 is 41.0. The number of hydrogen-bond donors (Lipinski definition) is 1. The first-order valence-electron chi connectivity index (χ1n) is 8.36. The molecule has 1 atom stereocenters. The standard InChI is InChI=1S/C18H19FN2O4S/c1-12(14-7-6-13-4-2-3-5-15(13)10-14)20-26(24,25)16-8-9-17(19)18(11-16)21(22)23/h6-12,20H,2-5H2,1H3/t12-/m1/s1. The van der Waals surface area contributed by atoms with E-state index in [1.165, 1.54) is 11.1 Å². The first kappa shape index (κ1) is 18.5. The normalized spacial score (nSPS) is 15.3. The fraction of sp³-hybridized carbons (Fsp3) is 0.333. The molecule has 2 aromatic carbocycles. The van der Waals surface area contributed by atoms with Gasteiger partial charge in [-0.1, -0.05) is 18.2 Å². The molecule has 1 aliphatic rings. The first-order valence-corrected chi connectivity index (χ1v) is 9.84. The Balaban J connectivity index is 1.85. The number of benzene rings is 2. The minimum absolute atomic E-state index is 0.338.